The van der Waals surface area contributed by atoms with E-state index < -0.39 is 0 Å². The minimum Gasteiger partial charge on any atom is -0.369 e. The molecule has 3 aromatic heterocycles. The molecule has 1 fully saturated rings. The first-order valence-electron chi connectivity index (χ1n) is 11.2. The number of anilines is 2. The number of aromatic nitrogens is 3. The summed E-state index contributed by atoms with van der Waals surface area (Å²) < 4.78 is 0. The van der Waals surface area contributed by atoms with Gasteiger partial charge < -0.3 is 15.1 Å². The highest BCUT2D eigenvalue weighted by molar-refractivity contribution is 7.19. The molecule has 168 valence electrons. The van der Waals surface area contributed by atoms with Crippen LogP contribution >= 0.6 is 11.3 Å². The van der Waals surface area contributed by atoms with Crippen LogP contribution in [0.25, 0.3) is 21.3 Å². The average Bonchev–Trinajstić information content (AvgIpc) is 3.21. The third-order valence-corrected chi connectivity index (χ3v) is 6.98. The monoisotopic (exact) mass is 458 g/mol. The van der Waals surface area contributed by atoms with E-state index in [0.29, 0.717) is 13.0 Å². The van der Waals surface area contributed by atoms with E-state index in [1.807, 2.05) is 41.3 Å². The lowest BCUT2D eigenvalue weighted by Gasteiger charge is -2.35. The van der Waals surface area contributed by atoms with Crippen LogP contribution in [0.5, 0.6) is 0 Å². The highest BCUT2D eigenvalue weighted by Gasteiger charge is 2.22. The van der Waals surface area contributed by atoms with Crippen molar-refractivity contribution >= 4 is 39.1 Å². The van der Waals surface area contributed by atoms with E-state index in [9.17, 15) is 4.79 Å². The van der Waals surface area contributed by atoms with Crippen molar-refractivity contribution in [2.24, 2.45) is 0 Å². The fraction of sp³-hybridized carbons (Fsp3) is 0.280. The summed E-state index contributed by atoms with van der Waals surface area (Å²) in [7, 11) is 0. The first-order valence-corrected chi connectivity index (χ1v) is 12.0. The molecule has 0 bridgehead atoms. The molecule has 1 amide bonds. The van der Waals surface area contributed by atoms with Gasteiger partial charge in [-0.15, -0.1) is 11.3 Å². The molecule has 7 nitrogen and oxygen atoms in total. The molecule has 1 aliphatic rings. The number of rotatable bonds is 6. The van der Waals surface area contributed by atoms with E-state index in [1.165, 1.54) is 4.88 Å². The molecule has 0 radical (unpaired) electrons. The molecular formula is C25H26N6OS. The first-order chi connectivity index (χ1) is 16.2. The summed E-state index contributed by atoms with van der Waals surface area (Å²) in [6, 6.07) is 16.3. The lowest BCUT2D eigenvalue weighted by atomic mass is 10.0. The summed E-state index contributed by atoms with van der Waals surface area (Å²) in [5, 5.41) is 4.43. The van der Waals surface area contributed by atoms with E-state index in [0.717, 1.165) is 59.2 Å². The standard InChI is InChI=1S/C25H26N6OS/c1-18-22(19-7-3-2-4-8-19)23-24(28-17-29-25(23)33-18)27-12-10-21(32)31-15-13-30(14-16-31)20-9-5-6-11-26-20/h2-9,11,17H,10,12-16H2,1H3,(H,27,28,29). The molecule has 0 atom stereocenters. The maximum atomic E-state index is 12.8. The van der Waals surface area contributed by atoms with Gasteiger partial charge >= 0.3 is 0 Å². The van der Waals surface area contributed by atoms with E-state index in [1.54, 1.807) is 23.9 Å². The lowest BCUT2D eigenvalue weighted by Crippen LogP contribution is -2.49. The quantitative estimate of drug-likeness (QED) is 0.467. The molecular weight excluding hydrogens is 432 g/mol. The zero-order chi connectivity index (χ0) is 22.6. The molecule has 1 N–H and O–H groups in total. The zero-order valence-electron chi connectivity index (χ0n) is 18.6. The number of nitrogens with zero attached hydrogens (tertiary/aromatic N) is 5. The Balaban J connectivity index is 1.23. The van der Waals surface area contributed by atoms with Crippen molar-refractivity contribution in [1.29, 1.82) is 0 Å². The molecule has 1 saturated heterocycles. The highest BCUT2D eigenvalue weighted by atomic mass is 32.1. The summed E-state index contributed by atoms with van der Waals surface area (Å²) in [6.07, 6.45) is 3.83. The Morgan fingerprint density at radius 3 is 2.55 bits per heavy atom. The van der Waals surface area contributed by atoms with Crippen molar-refractivity contribution in [3.8, 4) is 11.1 Å². The molecule has 4 aromatic rings. The number of thiophene rings is 1. The van der Waals surface area contributed by atoms with Gasteiger partial charge in [-0.3, -0.25) is 4.79 Å². The van der Waals surface area contributed by atoms with Crippen molar-refractivity contribution in [1.82, 2.24) is 19.9 Å². The van der Waals surface area contributed by atoms with Gasteiger partial charge in [-0.1, -0.05) is 36.4 Å². The van der Waals surface area contributed by atoms with Crippen LogP contribution in [0.15, 0.2) is 61.1 Å². The van der Waals surface area contributed by atoms with Crippen LogP contribution in [0.4, 0.5) is 11.6 Å². The third kappa shape index (κ3) is 4.52. The largest absolute Gasteiger partial charge is 0.369 e. The number of carbonyl (C=O) groups excluding carboxylic acids is 1. The number of piperazine rings is 1. The van der Waals surface area contributed by atoms with Crippen molar-refractivity contribution in [3.05, 3.63) is 65.9 Å². The van der Waals surface area contributed by atoms with Gasteiger partial charge in [0.05, 0.1) is 5.39 Å². The van der Waals surface area contributed by atoms with Gasteiger partial charge in [-0.05, 0) is 24.6 Å². The topological polar surface area (TPSA) is 74.2 Å². The van der Waals surface area contributed by atoms with Gasteiger partial charge in [0, 0.05) is 55.8 Å². The fourth-order valence-corrected chi connectivity index (χ4v) is 5.32. The SMILES string of the molecule is Cc1sc2ncnc(NCCC(=O)N3CCN(c4ccccn4)CC3)c2c1-c1ccccc1. The van der Waals surface area contributed by atoms with Gasteiger partial charge in [0.1, 0.15) is 22.8 Å². The van der Waals surface area contributed by atoms with Crippen LogP contribution in [0.2, 0.25) is 0 Å². The normalized spacial score (nSPS) is 14.0. The van der Waals surface area contributed by atoms with Crippen molar-refractivity contribution in [2.75, 3.05) is 42.9 Å². The summed E-state index contributed by atoms with van der Waals surface area (Å²) in [4.78, 5) is 32.5. The first kappa shape index (κ1) is 21.3. The number of hydrogen-bond donors (Lipinski definition) is 1. The van der Waals surface area contributed by atoms with Crippen LogP contribution in [-0.4, -0.2) is 58.5 Å². The highest BCUT2D eigenvalue weighted by Crippen LogP contribution is 2.40. The molecule has 8 heteroatoms. The number of benzene rings is 1. The number of amides is 1. The maximum Gasteiger partial charge on any atom is 0.224 e. The molecule has 5 rings (SSSR count). The number of fused-ring (bicyclic) bond motifs is 1. The Morgan fingerprint density at radius 1 is 1.00 bits per heavy atom. The van der Waals surface area contributed by atoms with Gasteiger partial charge in [-0.2, -0.15) is 0 Å². The number of aryl methyl sites for hydroxylation is 1. The molecule has 0 saturated carbocycles. The van der Waals surface area contributed by atoms with Crippen LogP contribution < -0.4 is 10.2 Å². The smallest absolute Gasteiger partial charge is 0.224 e. The molecule has 0 aliphatic carbocycles. The Hall–Kier alpha value is -3.52. The van der Waals surface area contributed by atoms with Crippen molar-refractivity contribution in [2.45, 2.75) is 13.3 Å². The molecule has 4 heterocycles. The van der Waals surface area contributed by atoms with E-state index >= 15 is 0 Å². The van der Waals surface area contributed by atoms with E-state index in [-0.39, 0.29) is 5.91 Å². The fourth-order valence-electron chi connectivity index (χ4n) is 4.30. The van der Waals surface area contributed by atoms with Gasteiger partial charge in [-0.25, -0.2) is 15.0 Å². The summed E-state index contributed by atoms with van der Waals surface area (Å²) >= 11 is 1.67. The molecule has 0 unspecified atom stereocenters. The third-order valence-electron chi connectivity index (χ3n) is 5.96. The molecule has 0 spiro atoms. The summed E-state index contributed by atoms with van der Waals surface area (Å²) in [5.74, 6) is 1.92. The maximum absolute atomic E-state index is 12.8. The number of pyridine rings is 1. The van der Waals surface area contributed by atoms with Crippen LogP contribution in [0, 0.1) is 6.92 Å². The van der Waals surface area contributed by atoms with Crippen molar-refractivity contribution < 1.29 is 4.79 Å². The second-order valence-electron chi connectivity index (χ2n) is 8.03. The predicted octanol–water partition coefficient (Wildman–Crippen LogP) is 4.21. The second kappa shape index (κ2) is 9.54. The number of nitrogens with one attached hydrogen (secondary N) is 1. The molecule has 1 aromatic carbocycles. The number of carbonyl (C=O) groups is 1. The second-order valence-corrected chi connectivity index (χ2v) is 9.24. The van der Waals surface area contributed by atoms with Crippen molar-refractivity contribution in [3.63, 3.8) is 0 Å². The van der Waals surface area contributed by atoms with Gasteiger partial charge in [0.25, 0.3) is 0 Å². The van der Waals surface area contributed by atoms with Crippen LogP contribution in [0.1, 0.15) is 11.3 Å². The zero-order valence-corrected chi connectivity index (χ0v) is 19.4. The Labute approximate surface area is 197 Å². The minimum atomic E-state index is 0.165. The lowest BCUT2D eigenvalue weighted by molar-refractivity contribution is -0.131. The minimum absolute atomic E-state index is 0.165. The van der Waals surface area contributed by atoms with Crippen LogP contribution in [-0.2, 0) is 4.79 Å². The van der Waals surface area contributed by atoms with Crippen LogP contribution in [0.3, 0.4) is 0 Å². The average molecular weight is 459 g/mol. The Bertz CT molecular complexity index is 1240. The van der Waals surface area contributed by atoms with Gasteiger partial charge in [0.2, 0.25) is 5.91 Å². The Kier molecular flexibility index (Phi) is 6.17. The number of hydrogen-bond acceptors (Lipinski definition) is 7. The molecule has 33 heavy (non-hydrogen) atoms. The van der Waals surface area contributed by atoms with Gasteiger partial charge in [0.15, 0.2) is 0 Å². The molecule has 1 aliphatic heterocycles. The Morgan fingerprint density at radius 2 is 1.79 bits per heavy atom. The van der Waals surface area contributed by atoms with E-state index in [4.69, 9.17) is 0 Å². The summed E-state index contributed by atoms with van der Waals surface area (Å²) in [6.45, 7) is 5.69. The predicted molar refractivity (Wildman–Crippen MR) is 134 cm³/mol. The van der Waals surface area contributed by atoms with E-state index in [2.05, 4.69) is 44.2 Å². The summed E-state index contributed by atoms with van der Waals surface area (Å²) in [5.41, 5.74) is 2.32.